The van der Waals surface area contributed by atoms with E-state index in [1.54, 1.807) is 72.7 Å². The fourth-order valence-electron chi connectivity index (χ4n) is 6.75. The van der Waals surface area contributed by atoms with E-state index in [4.69, 9.17) is 15.2 Å². The second kappa shape index (κ2) is 17.0. The van der Waals surface area contributed by atoms with Gasteiger partial charge < -0.3 is 40.7 Å². The summed E-state index contributed by atoms with van der Waals surface area (Å²) in [6.45, 7) is 2.27. The maximum Gasteiger partial charge on any atom is 0.407 e. The fraction of sp³-hybridized carbons (Fsp3) is 0.220. The van der Waals surface area contributed by atoms with E-state index in [1.807, 2.05) is 48.5 Å². The fourth-order valence-corrected chi connectivity index (χ4v) is 6.75. The van der Waals surface area contributed by atoms with E-state index in [9.17, 15) is 19.2 Å². The van der Waals surface area contributed by atoms with Crippen LogP contribution in [0.1, 0.15) is 66.8 Å². The van der Waals surface area contributed by atoms with Crippen LogP contribution >= 0.6 is 0 Å². The Morgan fingerprint density at radius 2 is 1.44 bits per heavy atom. The molecule has 1 saturated heterocycles. The average Bonchev–Trinajstić information content (AvgIpc) is 4.04. The number of primary amides is 1. The van der Waals surface area contributed by atoms with Crippen molar-refractivity contribution in [2.24, 2.45) is 5.73 Å². The Hall–Kier alpha value is -7.36. The molecule has 3 aromatic heterocycles. The normalized spacial score (nSPS) is 15.3. The lowest BCUT2D eigenvalue weighted by atomic mass is 10.1. The molecule has 4 amide bonds. The van der Waals surface area contributed by atoms with Crippen LogP contribution in [-0.2, 0) is 19.1 Å². The number of nitrogens with zero attached hydrogens (tertiary/aromatic N) is 5. The number of ether oxygens (including phenoxy) is 2. The third-order valence-electron chi connectivity index (χ3n) is 9.65. The molecule has 0 bridgehead atoms. The number of nitrogens with two attached hydrogens (primary N) is 1. The van der Waals surface area contributed by atoms with Crippen LogP contribution < -0.4 is 16.4 Å². The molecule has 290 valence electrons. The summed E-state index contributed by atoms with van der Waals surface area (Å²) in [4.78, 5) is 67.9. The Bertz CT molecular complexity index is 2330. The van der Waals surface area contributed by atoms with Crippen LogP contribution in [0.15, 0.2) is 109 Å². The molecule has 4 heterocycles. The lowest BCUT2D eigenvalue weighted by Crippen LogP contribution is -2.41. The topological polar surface area (TPSA) is 223 Å². The number of aromatic amines is 2. The summed E-state index contributed by atoms with van der Waals surface area (Å²) in [6, 6.07) is 27.3. The molecule has 6 N–H and O–H groups in total. The zero-order valence-corrected chi connectivity index (χ0v) is 31.1. The first kappa shape index (κ1) is 37.9. The molecule has 0 unspecified atom stereocenters. The van der Waals surface area contributed by atoms with Crippen molar-refractivity contribution in [2.75, 3.05) is 13.7 Å². The van der Waals surface area contributed by atoms with Crippen molar-refractivity contribution in [3.05, 3.63) is 132 Å². The van der Waals surface area contributed by atoms with Crippen LogP contribution in [0, 0.1) is 0 Å². The Kier molecular flexibility index (Phi) is 11.3. The van der Waals surface area contributed by atoms with Gasteiger partial charge in [0.2, 0.25) is 12.0 Å². The number of alkyl carbamates (subject to hydrolysis) is 1. The number of rotatable bonds is 12. The van der Waals surface area contributed by atoms with Gasteiger partial charge in [0.1, 0.15) is 23.4 Å². The van der Waals surface area contributed by atoms with Gasteiger partial charge in [-0.15, -0.1) is 10.2 Å². The van der Waals surface area contributed by atoms with Crippen LogP contribution in [0.5, 0.6) is 0 Å². The van der Waals surface area contributed by atoms with Crippen molar-refractivity contribution >= 4 is 24.0 Å². The van der Waals surface area contributed by atoms with Crippen molar-refractivity contribution in [3.8, 4) is 33.9 Å². The molecular weight excluding hydrogens is 729 g/mol. The molecule has 0 radical (unpaired) electrons. The SMILES string of the molecule is COC(=O)N[C@@H](C(=O)N[C@@H](C)c1ncc(-c2ccc(-c3ccc(-c4cnc([C@@H]5CCCN5C(=O)[C@H](OC(N)=O)c5ccccc5)[nH]4)nn3)cc2)[nH]1)c1ccccc1. The predicted molar refractivity (Wildman–Crippen MR) is 207 cm³/mol. The molecule has 6 aromatic rings. The molecule has 1 fully saturated rings. The molecule has 1 aliphatic rings. The number of hydrogen-bond acceptors (Lipinski definition) is 10. The number of carbonyl (C=O) groups excluding carboxylic acids is 4. The van der Waals surface area contributed by atoms with Gasteiger partial charge in [0.25, 0.3) is 5.91 Å². The lowest BCUT2D eigenvalue weighted by Gasteiger charge is -2.27. The van der Waals surface area contributed by atoms with Crippen LogP contribution in [0.3, 0.4) is 0 Å². The smallest absolute Gasteiger partial charge is 0.407 e. The highest BCUT2D eigenvalue weighted by Crippen LogP contribution is 2.35. The van der Waals surface area contributed by atoms with Gasteiger partial charge in [-0.25, -0.2) is 19.6 Å². The van der Waals surface area contributed by atoms with Crippen molar-refractivity contribution in [1.82, 2.24) is 45.7 Å². The number of carbonyl (C=O) groups is 4. The van der Waals surface area contributed by atoms with Crippen molar-refractivity contribution in [3.63, 3.8) is 0 Å². The van der Waals surface area contributed by atoms with Gasteiger partial charge in [-0.2, -0.15) is 0 Å². The molecule has 0 saturated carbocycles. The Labute approximate surface area is 327 Å². The lowest BCUT2D eigenvalue weighted by molar-refractivity contribution is -0.141. The zero-order valence-electron chi connectivity index (χ0n) is 31.1. The summed E-state index contributed by atoms with van der Waals surface area (Å²) in [6.07, 6.45) is 1.87. The summed E-state index contributed by atoms with van der Waals surface area (Å²) in [5.41, 5.74) is 10.8. The molecule has 3 aromatic carbocycles. The molecule has 4 atom stereocenters. The minimum absolute atomic E-state index is 0.352. The molecule has 1 aliphatic heterocycles. The third kappa shape index (κ3) is 8.64. The first-order valence-corrected chi connectivity index (χ1v) is 18.2. The number of aromatic nitrogens is 6. The number of hydrogen-bond donors (Lipinski definition) is 5. The first-order chi connectivity index (χ1) is 27.7. The first-order valence-electron chi connectivity index (χ1n) is 18.2. The van der Waals surface area contributed by atoms with Crippen molar-refractivity contribution < 1.29 is 28.7 Å². The summed E-state index contributed by atoms with van der Waals surface area (Å²) >= 11 is 0. The summed E-state index contributed by atoms with van der Waals surface area (Å²) in [7, 11) is 1.24. The highest BCUT2D eigenvalue weighted by atomic mass is 16.6. The Morgan fingerprint density at radius 1 is 0.789 bits per heavy atom. The number of H-pyrrole nitrogens is 2. The molecule has 0 aliphatic carbocycles. The van der Waals surface area contributed by atoms with Gasteiger partial charge in [-0.1, -0.05) is 84.9 Å². The summed E-state index contributed by atoms with van der Waals surface area (Å²) in [5, 5.41) is 14.4. The van der Waals surface area contributed by atoms with E-state index in [2.05, 4.69) is 40.8 Å². The summed E-state index contributed by atoms with van der Waals surface area (Å²) in [5.74, 6) is 0.343. The number of benzene rings is 3. The van der Waals surface area contributed by atoms with Crippen LogP contribution in [-0.4, -0.2) is 72.7 Å². The second-order valence-electron chi connectivity index (χ2n) is 13.4. The monoisotopic (exact) mass is 768 g/mol. The number of likely N-dealkylation sites (tertiary alicyclic amines) is 1. The number of amides is 4. The van der Waals surface area contributed by atoms with E-state index in [-0.39, 0.29) is 11.9 Å². The van der Waals surface area contributed by atoms with Crippen LogP contribution in [0.4, 0.5) is 9.59 Å². The summed E-state index contributed by atoms with van der Waals surface area (Å²) < 4.78 is 9.99. The number of methoxy groups -OCH3 is 1. The Balaban J connectivity index is 0.990. The van der Waals surface area contributed by atoms with E-state index >= 15 is 0 Å². The zero-order chi connectivity index (χ0) is 39.9. The van der Waals surface area contributed by atoms with Gasteiger partial charge in [0, 0.05) is 17.7 Å². The van der Waals surface area contributed by atoms with Gasteiger partial charge in [0.05, 0.1) is 48.7 Å². The van der Waals surface area contributed by atoms with Crippen molar-refractivity contribution in [2.45, 2.75) is 44.0 Å². The quantitative estimate of drug-likeness (QED) is 0.102. The minimum atomic E-state index is -1.16. The van der Waals surface area contributed by atoms with E-state index < -0.39 is 36.3 Å². The van der Waals surface area contributed by atoms with Gasteiger partial charge >= 0.3 is 12.2 Å². The van der Waals surface area contributed by atoms with E-state index in [0.29, 0.717) is 52.8 Å². The third-order valence-corrected chi connectivity index (χ3v) is 9.65. The van der Waals surface area contributed by atoms with Crippen LogP contribution in [0.2, 0.25) is 0 Å². The van der Waals surface area contributed by atoms with Gasteiger partial charge in [0.15, 0.2) is 0 Å². The van der Waals surface area contributed by atoms with E-state index in [1.165, 1.54) is 7.11 Å². The Morgan fingerprint density at radius 3 is 2.11 bits per heavy atom. The second-order valence-corrected chi connectivity index (χ2v) is 13.4. The number of imidazole rings is 2. The van der Waals surface area contributed by atoms with E-state index in [0.717, 1.165) is 23.2 Å². The van der Waals surface area contributed by atoms with Crippen molar-refractivity contribution in [1.29, 1.82) is 0 Å². The largest absolute Gasteiger partial charge is 0.453 e. The highest BCUT2D eigenvalue weighted by Gasteiger charge is 2.38. The molecule has 7 rings (SSSR count). The molecule has 0 spiro atoms. The van der Waals surface area contributed by atoms with Gasteiger partial charge in [-0.3, -0.25) is 9.59 Å². The maximum absolute atomic E-state index is 13.7. The maximum atomic E-state index is 13.7. The molecule has 16 heteroatoms. The number of nitrogens with one attached hydrogen (secondary N) is 4. The minimum Gasteiger partial charge on any atom is -0.453 e. The van der Waals surface area contributed by atoms with Crippen LogP contribution in [0.25, 0.3) is 33.9 Å². The predicted octanol–water partition coefficient (Wildman–Crippen LogP) is 5.70. The average molecular weight is 769 g/mol. The highest BCUT2D eigenvalue weighted by molar-refractivity contribution is 5.87. The molecule has 16 nitrogen and oxygen atoms in total. The molecular formula is C41H40N10O6. The van der Waals surface area contributed by atoms with Gasteiger partial charge in [-0.05, 0) is 43.0 Å². The standard InChI is InChI=1S/C41H40N10O6/c1-24(45-38(52)34(48-41(55)56-2)27-10-5-3-6-11-27)36-43-22-31(46-36)26-17-15-25(16-18-26)29-19-20-30(50-49-29)32-23-44-37(47-32)33-14-9-21-51(33)39(53)35(57-40(42)54)28-12-7-4-8-13-28/h3-8,10-13,15-20,22-24,33-35H,9,14,21H2,1-2H3,(H2,42,54)(H,43,46)(H,44,47)(H,45,52)(H,48,55)/t24-,33-,34+,35+/m0/s1. The molecule has 57 heavy (non-hydrogen) atoms.